The van der Waals surface area contributed by atoms with Crippen LogP contribution in [0.5, 0.6) is 0 Å². The third-order valence-corrected chi connectivity index (χ3v) is 1.73. The van der Waals surface area contributed by atoms with Crippen LogP contribution in [0.15, 0.2) is 30.3 Å². The van der Waals surface area contributed by atoms with Gasteiger partial charge in [-0.05, 0) is 0 Å². The Bertz CT molecular complexity index is 245. The van der Waals surface area contributed by atoms with Gasteiger partial charge >= 0.3 is 0 Å². The molecule has 0 aliphatic heterocycles. The number of benzene rings is 1. The molecule has 1 heteroatoms. The van der Waals surface area contributed by atoms with Crippen molar-refractivity contribution in [2.75, 3.05) is 0 Å². The molecule has 0 aromatic heterocycles. The fourth-order valence-corrected chi connectivity index (χ4v) is 1.08. The predicted octanol–water partition coefficient (Wildman–Crippen LogP) is 3.06. The van der Waals surface area contributed by atoms with E-state index in [0.29, 0.717) is 0 Å². The zero-order valence-electron chi connectivity index (χ0n) is 6.62. The average Bonchev–Trinajstić information content (AvgIpc) is 2.09. The normalized spacial score (nSPS) is 12.0. The van der Waals surface area contributed by atoms with Crippen molar-refractivity contribution in [3.63, 3.8) is 0 Å². The largest absolute Gasteiger partial charge is 0.309 e. The molecular formula is C10H11N. The maximum atomic E-state index is 6.92. The van der Waals surface area contributed by atoms with Gasteiger partial charge in [-0.1, -0.05) is 37.3 Å². The second-order valence-corrected chi connectivity index (χ2v) is 2.46. The van der Waals surface area contributed by atoms with Crippen LogP contribution in [-0.4, -0.2) is 0 Å². The van der Waals surface area contributed by atoms with Crippen LogP contribution in [-0.2, 0) is 0 Å². The molecule has 0 saturated carbocycles. The van der Waals surface area contributed by atoms with Crippen molar-refractivity contribution in [3.8, 4) is 0 Å². The molecule has 0 saturated heterocycles. The first-order valence-corrected chi connectivity index (χ1v) is 3.80. The summed E-state index contributed by atoms with van der Waals surface area (Å²) in [4.78, 5) is 3.53. The van der Waals surface area contributed by atoms with E-state index in [0.717, 1.165) is 12.0 Å². The lowest BCUT2D eigenvalue weighted by Crippen LogP contribution is -1.88. The summed E-state index contributed by atoms with van der Waals surface area (Å²) in [6, 6.07) is 9.99. The van der Waals surface area contributed by atoms with Crippen molar-refractivity contribution in [2.45, 2.75) is 19.4 Å². The number of hydrogen-bond acceptors (Lipinski definition) is 0. The van der Waals surface area contributed by atoms with Gasteiger partial charge in [-0.3, -0.25) is 0 Å². The minimum absolute atomic E-state index is 0.0520. The quantitative estimate of drug-likeness (QED) is 0.563. The van der Waals surface area contributed by atoms with Gasteiger partial charge < -0.3 is 4.85 Å². The average molecular weight is 145 g/mol. The lowest BCUT2D eigenvalue weighted by atomic mass is 10.1. The Hall–Kier alpha value is -1.29. The molecule has 0 fully saturated rings. The molecule has 0 aliphatic carbocycles. The van der Waals surface area contributed by atoms with E-state index in [-0.39, 0.29) is 6.04 Å². The number of hydrogen-bond donors (Lipinski definition) is 0. The molecule has 0 unspecified atom stereocenters. The number of nitrogens with zero attached hydrogens (tertiary/aromatic N) is 1. The van der Waals surface area contributed by atoms with Gasteiger partial charge in [0.05, 0.1) is 0 Å². The van der Waals surface area contributed by atoms with E-state index in [4.69, 9.17) is 6.57 Å². The SMILES string of the molecule is [C-]#[N+][C@H](CC)c1ccccc1. The standard InChI is InChI=1S/C10H11N/c1-3-10(11-2)9-7-5-4-6-8-9/h4-8,10H,3H2,1H3/t10-/m1/s1. The van der Waals surface area contributed by atoms with Gasteiger partial charge in [-0.2, -0.15) is 0 Å². The molecule has 56 valence electrons. The van der Waals surface area contributed by atoms with Gasteiger partial charge in [0, 0.05) is 12.0 Å². The Morgan fingerprint density at radius 2 is 2.00 bits per heavy atom. The van der Waals surface area contributed by atoms with Gasteiger partial charge in [-0.15, -0.1) is 0 Å². The Morgan fingerprint density at radius 1 is 1.36 bits per heavy atom. The van der Waals surface area contributed by atoms with Crippen molar-refractivity contribution in [1.29, 1.82) is 0 Å². The first kappa shape index (κ1) is 7.81. The lowest BCUT2D eigenvalue weighted by Gasteiger charge is -2.00. The topological polar surface area (TPSA) is 4.36 Å². The molecule has 0 radical (unpaired) electrons. The fraction of sp³-hybridized carbons (Fsp3) is 0.300. The molecule has 0 N–H and O–H groups in total. The summed E-state index contributed by atoms with van der Waals surface area (Å²) in [6.07, 6.45) is 0.896. The first-order chi connectivity index (χ1) is 5.38. The third-order valence-electron chi connectivity index (χ3n) is 1.73. The van der Waals surface area contributed by atoms with Crippen LogP contribution < -0.4 is 0 Å². The summed E-state index contributed by atoms with van der Waals surface area (Å²) in [6.45, 7) is 8.96. The Labute approximate surface area is 67.5 Å². The van der Waals surface area contributed by atoms with Gasteiger partial charge in [0.2, 0.25) is 6.04 Å². The molecular weight excluding hydrogens is 134 g/mol. The molecule has 0 heterocycles. The minimum atomic E-state index is 0.0520. The zero-order valence-corrected chi connectivity index (χ0v) is 6.62. The van der Waals surface area contributed by atoms with Crippen LogP contribution in [0.1, 0.15) is 24.9 Å². The Kier molecular flexibility index (Phi) is 2.68. The summed E-state index contributed by atoms with van der Waals surface area (Å²) in [5.74, 6) is 0. The molecule has 1 nitrogen and oxygen atoms in total. The molecule has 0 spiro atoms. The fourth-order valence-electron chi connectivity index (χ4n) is 1.08. The second kappa shape index (κ2) is 3.78. The Balaban J connectivity index is 2.85. The van der Waals surface area contributed by atoms with Gasteiger partial charge in [0.25, 0.3) is 0 Å². The van der Waals surface area contributed by atoms with Crippen LogP contribution in [0.2, 0.25) is 0 Å². The summed E-state index contributed by atoms with van der Waals surface area (Å²) in [5.41, 5.74) is 1.13. The summed E-state index contributed by atoms with van der Waals surface area (Å²) >= 11 is 0. The molecule has 1 aromatic rings. The molecule has 0 amide bonds. The highest BCUT2D eigenvalue weighted by Gasteiger charge is 2.10. The van der Waals surface area contributed by atoms with E-state index in [9.17, 15) is 0 Å². The van der Waals surface area contributed by atoms with Crippen LogP contribution in [0.3, 0.4) is 0 Å². The van der Waals surface area contributed by atoms with Crippen molar-refractivity contribution >= 4 is 0 Å². The zero-order chi connectivity index (χ0) is 8.10. The van der Waals surface area contributed by atoms with Crippen LogP contribution in [0.25, 0.3) is 4.85 Å². The molecule has 1 atom stereocenters. The maximum absolute atomic E-state index is 6.92. The summed E-state index contributed by atoms with van der Waals surface area (Å²) in [5, 5.41) is 0. The smallest absolute Gasteiger partial charge is 0.248 e. The van der Waals surface area contributed by atoms with Crippen molar-refractivity contribution in [3.05, 3.63) is 47.3 Å². The van der Waals surface area contributed by atoms with E-state index >= 15 is 0 Å². The molecule has 1 aromatic carbocycles. The highest BCUT2D eigenvalue weighted by molar-refractivity contribution is 5.20. The monoisotopic (exact) mass is 145 g/mol. The maximum Gasteiger partial charge on any atom is 0.248 e. The molecule has 1 rings (SSSR count). The predicted molar refractivity (Wildman–Crippen MR) is 46.1 cm³/mol. The van der Waals surface area contributed by atoms with E-state index < -0.39 is 0 Å². The highest BCUT2D eigenvalue weighted by Crippen LogP contribution is 2.19. The lowest BCUT2D eigenvalue weighted by molar-refractivity contribution is 0.800. The van der Waals surface area contributed by atoms with E-state index in [1.54, 1.807) is 0 Å². The van der Waals surface area contributed by atoms with E-state index in [1.165, 1.54) is 0 Å². The van der Waals surface area contributed by atoms with Gasteiger partial charge in [0.1, 0.15) is 0 Å². The van der Waals surface area contributed by atoms with Crippen LogP contribution in [0, 0.1) is 6.57 Å². The van der Waals surface area contributed by atoms with Crippen LogP contribution >= 0.6 is 0 Å². The first-order valence-electron chi connectivity index (χ1n) is 3.80. The molecule has 0 aliphatic rings. The number of rotatable bonds is 2. The van der Waals surface area contributed by atoms with Crippen LogP contribution in [0.4, 0.5) is 0 Å². The molecule has 11 heavy (non-hydrogen) atoms. The third kappa shape index (κ3) is 1.81. The molecule has 0 bridgehead atoms. The second-order valence-electron chi connectivity index (χ2n) is 2.46. The van der Waals surface area contributed by atoms with E-state index in [2.05, 4.69) is 4.85 Å². The minimum Gasteiger partial charge on any atom is -0.309 e. The van der Waals surface area contributed by atoms with E-state index in [1.807, 2.05) is 37.3 Å². The Morgan fingerprint density at radius 3 is 2.45 bits per heavy atom. The highest BCUT2D eigenvalue weighted by atomic mass is 14.7. The van der Waals surface area contributed by atoms with Crippen molar-refractivity contribution in [1.82, 2.24) is 0 Å². The van der Waals surface area contributed by atoms with Crippen molar-refractivity contribution < 1.29 is 0 Å². The summed E-state index contributed by atoms with van der Waals surface area (Å²) in [7, 11) is 0. The summed E-state index contributed by atoms with van der Waals surface area (Å²) < 4.78 is 0. The van der Waals surface area contributed by atoms with Gasteiger partial charge in [0.15, 0.2) is 0 Å². The van der Waals surface area contributed by atoms with Gasteiger partial charge in [-0.25, -0.2) is 6.57 Å². The van der Waals surface area contributed by atoms with Crippen molar-refractivity contribution in [2.24, 2.45) is 0 Å².